The summed E-state index contributed by atoms with van der Waals surface area (Å²) < 4.78 is 36.0. The molecule has 0 bridgehead atoms. The molecule has 0 saturated heterocycles. The quantitative estimate of drug-likeness (QED) is 0.378. The first-order valence-electron chi connectivity index (χ1n) is 4.28. The third-order valence-corrected chi connectivity index (χ3v) is 2.56. The Labute approximate surface area is 92.0 Å². The van der Waals surface area contributed by atoms with Gasteiger partial charge in [0.25, 0.3) is 10.1 Å². The van der Waals surface area contributed by atoms with Crippen molar-refractivity contribution >= 4 is 15.8 Å². The number of ether oxygens (including phenoxy) is 1. The van der Waals surface area contributed by atoms with Crippen molar-refractivity contribution in [2.45, 2.75) is 11.8 Å². The summed E-state index contributed by atoms with van der Waals surface area (Å²) in [5.41, 5.74) is 8.06. The number of nitrogens with zero attached hydrogens (tertiary/aromatic N) is 3. The van der Waals surface area contributed by atoms with Crippen LogP contribution in [0, 0.1) is 0 Å². The standard InChI is InChI=1S/C8H9N3O4S/c1-2-15-6-3-4-7(10-11-9)8(5-6)16(12,13)14/h3-5H,2H2,1H3,(H,12,13,14). The molecule has 0 atom stereocenters. The molecule has 0 radical (unpaired) electrons. The smallest absolute Gasteiger partial charge is 0.295 e. The van der Waals surface area contributed by atoms with Crippen LogP contribution in [0.2, 0.25) is 0 Å². The minimum Gasteiger partial charge on any atom is -0.494 e. The molecule has 1 aromatic rings. The Hall–Kier alpha value is -1.76. The molecule has 7 nitrogen and oxygen atoms in total. The van der Waals surface area contributed by atoms with Gasteiger partial charge in [0.1, 0.15) is 10.6 Å². The SMILES string of the molecule is CCOc1ccc(N=[N+]=[N-])c(S(=O)(=O)O)c1. The zero-order chi connectivity index (χ0) is 12.2. The minimum absolute atomic E-state index is 0.173. The summed E-state index contributed by atoms with van der Waals surface area (Å²) in [5.74, 6) is 0.270. The Morgan fingerprint density at radius 3 is 2.75 bits per heavy atom. The van der Waals surface area contributed by atoms with E-state index in [-0.39, 0.29) is 11.4 Å². The van der Waals surface area contributed by atoms with E-state index in [0.29, 0.717) is 6.61 Å². The summed E-state index contributed by atoms with van der Waals surface area (Å²) in [6.45, 7) is 2.08. The molecule has 0 spiro atoms. The monoisotopic (exact) mass is 243 g/mol. The van der Waals surface area contributed by atoms with Gasteiger partial charge in [0.2, 0.25) is 0 Å². The van der Waals surface area contributed by atoms with Gasteiger partial charge in [-0.1, -0.05) is 5.11 Å². The Bertz CT molecular complexity index is 534. The predicted octanol–water partition coefficient (Wildman–Crippen LogP) is 2.27. The number of hydrogen-bond acceptors (Lipinski definition) is 4. The molecular weight excluding hydrogens is 234 g/mol. The molecule has 0 amide bonds. The van der Waals surface area contributed by atoms with Gasteiger partial charge in [0, 0.05) is 11.0 Å². The van der Waals surface area contributed by atoms with E-state index in [4.69, 9.17) is 14.8 Å². The van der Waals surface area contributed by atoms with Gasteiger partial charge < -0.3 is 4.74 Å². The number of benzene rings is 1. The maximum Gasteiger partial charge on any atom is 0.295 e. The highest BCUT2D eigenvalue weighted by Gasteiger charge is 2.15. The van der Waals surface area contributed by atoms with Crippen LogP contribution in [0.1, 0.15) is 6.92 Å². The van der Waals surface area contributed by atoms with Crippen LogP contribution < -0.4 is 4.74 Å². The highest BCUT2D eigenvalue weighted by atomic mass is 32.2. The molecule has 0 fully saturated rings. The van der Waals surface area contributed by atoms with Gasteiger partial charge in [-0.3, -0.25) is 4.55 Å². The number of hydrogen-bond donors (Lipinski definition) is 1. The topological polar surface area (TPSA) is 112 Å². The van der Waals surface area contributed by atoms with Crippen LogP contribution in [0.3, 0.4) is 0 Å². The average Bonchev–Trinajstić information content (AvgIpc) is 2.19. The Morgan fingerprint density at radius 1 is 1.56 bits per heavy atom. The van der Waals surface area contributed by atoms with Crippen LogP contribution in [0.5, 0.6) is 5.75 Å². The van der Waals surface area contributed by atoms with Crippen LogP contribution in [0.15, 0.2) is 28.2 Å². The van der Waals surface area contributed by atoms with E-state index < -0.39 is 15.0 Å². The van der Waals surface area contributed by atoms with Crippen LogP contribution in [-0.4, -0.2) is 19.6 Å². The van der Waals surface area contributed by atoms with E-state index in [0.717, 1.165) is 6.07 Å². The normalized spacial score (nSPS) is 10.6. The van der Waals surface area contributed by atoms with Crippen LogP contribution >= 0.6 is 0 Å². The summed E-state index contributed by atoms with van der Waals surface area (Å²) in [6, 6.07) is 3.80. The lowest BCUT2D eigenvalue weighted by Gasteiger charge is -2.06. The maximum atomic E-state index is 11.0. The van der Waals surface area contributed by atoms with Gasteiger partial charge >= 0.3 is 0 Å². The van der Waals surface area contributed by atoms with Gasteiger partial charge in [-0.15, -0.1) is 0 Å². The van der Waals surface area contributed by atoms with E-state index in [2.05, 4.69) is 10.0 Å². The first-order chi connectivity index (χ1) is 7.49. The van der Waals surface area contributed by atoms with Crippen molar-refractivity contribution in [3.63, 3.8) is 0 Å². The lowest BCUT2D eigenvalue weighted by Crippen LogP contribution is -2.00. The lowest BCUT2D eigenvalue weighted by atomic mass is 10.3. The fraction of sp³-hybridized carbons (Fsp3) is 0.250. The van der Waals surface area contributed by atoms with Gasteiger partial charge in [-0.05, 0) is 24.6 Å². The highest BCUT2D eigenvalue weighted by Crippen LogP contribution is 2.28. The van der Waals surface area contributed by atoms with Crippen molar-refractivity contribution < 1.29 is 17.7 Å². The van der Waals surface area contributed by atoms with E-state index in [9.17, 15) is 8.42 Å². The van der Waals surface area contributed by atoms with E-state index in [1.807, 2.05) is 0 Å². The summed E-state index contributed by atoms with van der Waals surface area (Å²) in [5, 5.41) is 3.16. The van der Waals surface area contributed by atoms with Crippen molar-refractivity contribution in [3.8, 4) is 5.75 Å². The first kappa shape index (κ1) is 12.3. The molecule has 1 rings (SSSR count). The largest absolute Gasteiger partial charge is 0.494 e. The summed E-state index contributed by atoms with van der Waals surface area (Å²) in [4.78, 5) is 1.99. The van der Waals surface area contributed by atoms with Gasteiger partial charge in [-0.2, -0.15) is 8.42 Å². The predicted molar refractivity (Wildman–Crippen MR) is 56.2 cm³/mol. The molecule has 0 heterocycles. The number of azide groups is 1. The van der Waals surface area contributed by atoms with Crippen molar-refractivity contribution in [1.29, 1.82) is 0 Å². The van der Waals surface area contributed by atoms with Crippen LogP contribution in [-0.2, 0) is 10.1 Å². The average molecular weight is 243 g/mol. The van der Waals surface area contributed by atoms with Crippen molar-refractivity contribution in [2.24, 2.45) is 5.11 Å². The molecule has 0 aliphatic heterocycles. The van der Waals surface area contributed by atoms with Crippen LogP contribution in [0.4, 0.5) is 5.69 Å². The summed E-state index contributed by atoms with van der Waals surface area (Å²) in [6.07, 6.45) is 0. The molecule has 1 N–H and O–H groups in total. The zero-order valence-electron chi connectivity index (χ0n) is 8.36. The Balaban J connectivity index is 3.38. The van der Waals surface area contributed by atoms with E-state index in [1.165, 1.54) is 12.1 Å². The second-order valence-electron chi connectivity index (χ2n) is 2.73. The van der Waals surface area contributed by atoms with Gasteiger partial charge in [0.05, 0.1) is 12.3 Å². The second kappa shape index (κ2) is 4.84. The van der Waals surface area contributed by atoms with Crippen molar-refractivity contribution in [3.05, 3.63) is 28.6 Å². The third-order valence-electron chi connectivity index (χ3n) is 1.67. The third kappa shape index (κ3) is 2.86. The lowest BCUT2D eigenvalue weighted by molar-refractivity contribution is 0.339. The first-order valence-corrected chi connectivity index (χ1v) is 5.72. The van der Waals surface area contributed by atoms with Crippen molar-refractivity contribution in [1.82, 2.24) is 0 Å². The molecular formula is C8H9N3O4S. The van der Waals surface area contributed by atoms with Gasteiger partial charge in [-0.25, -0.2) is 0 Å². The van der Waals surface area contributed by atoms with Gasteiger partial charge in [0.15, 0.2) is 0 Å². The summed E-state index contributed by atoms with van der Waals surface area (Å²) >= 11 is 0. The molecule has 0 aromatic heterocycles. The van der Waals surface area contributed by atoms with E-state index >= 15 is 0 Å². The fourth-order valence-corrected chi connectivity index (χ4v) is 1.73. The Morgan fingerprint density at radius 2 is 2.25 bits per heavy atom. The molecule has 0 unspecified atom stereocenters. The molecule has 0 aliphatic carbocycles. The summed E-state index contributed by atoms with van der Waals surface area (Å²) in [7, 11) is -4.44. The second-order valence-corrected chi connectivity index (χ2v) is 4.12. The number of rotatable bonds is 4. The fourth-order valence-electron chi connectivity index (χ4n) is 1.09. The molecule has 1 aromatic carbocycles. The highest BCUT2D eigenvalue weighted by molar-refractivity contribution is 7.86. The van der Waals surface area contributed by atoms with Crippen molar-refractivity contribution in [2.75, 3.05) is 6.61 Å². The molecule has 86 valence electrons. The maximum absolute atomic E-state index is 11.0. The zero-order valence-corrected chi connectivity index (χ0v) is 9.18. The van der Waals surface area contributed by atoms with E-state index in [1.54, 1.807) is 6.92 Å². The van der Waals surface area contributed by atoms with Crippen LogP contribution in [0.25, 0.3) is 10.4 Å². The Kier molecular flexibility index (Phi) is 3.73. The molecule has 8 heteroatoms. The molecule has 0 saturated carbocycles. The minimum atomic E-state index is -4.44. The molecule has 16 heavy (non-hydrogen) atoms. The molecule has 0 aliphatic rings.